The fourth-order valence-corrected chi connectivity index (χ4v) is 2.56. The Labute approximate surface area is 72.6 Å². The van der Waals surface area contributed by atoms with Crippen molar-refractivity contribution in [1.29, 1.82) is 0 Å². The molecule has 2 aliphatic carbocycles. The Balaban J connectivity index is 2.23. The summed E-state index contributed by atoms with van der Waals surface area (Å²) in [6, 6.07) is 0. The minimum Gasteiger partial charge on any atom is -0.469 e. The molecule has 2 heteroatoms. The third-order valence-corrected chi connectivity index (χ3v) is 3.33. The molecule has 0 aromatic carbocycles. The Kier molecular flexibility index (Phi) is 1.53. The molecule has 2 bridgehead atoms. The van der Waals surface area contributed by atoms with Gasteiger partial charge in [-0.3, -0.25) is 4.79 Å². The molecule has 0 N–H and O–H groups in total. The van der Waals surface area contributed by atoms with Crippen LogP contribution in [0.15, 0.2) is 12.2 Å². The van der Waals surface area contributed by atoms with Crippen LogP contribution in [0.1, 0.15) is 19.8 Å². The molecule has 0 aromatic rings. The number of hydrogen-bond donors (Lipinski definition) is 0. The molecule has 2 aliphatic rings. The minimum atomic E-state index is -0.228. The highest BCUT2D eigenvalue weighted by atomic mass is 16.5. The Morgan fingerprint density at radius 1 is 1.58 bits per heavy atom. The first-order chi connectivity index (χ1) is 5.66. The van der Waals surface area contributed by atoms with Gasteiger partial charge in [0.05, 0.1) is 12.5 Å². The van der Waals surface area contributed by atoms with Crippen molar-refractivity contribution in [3.8, 4) is 0 Å². The zero-order valence-corrected chi connectivity index (χ0v) is 7.54. The third-order valence-electron chi connectivity index (χ3n) is 3.33. The van der Waals surface area contributed by atoms with Crippen molar-refractivity contribution >= 4 is 5.97 Å². The summed E-state index contributed by atoms with van der Waals surface area (Å²) in [6.07, 6.45) is 6.52. The van der Waals surface area contributed by atoms with Crippen molar-refractivity contribution in [1.82, 2.24) is 0 Å². The molecule has 1 saturated carbocycles. The predicted molar refractivity (Wildman–Crippen MR) is 45.5 cm³/mol. The van der Waals surface area contributed by atoms with Crippen LogP contribution < -0.4 is 0 Å². The quantitative estimate of drug-likeness (QED) is 0.438. The lowest BCUT2D eigenvalue weighted by atomic mass is 9.78. The van der Waals surface area contributed by atoms with Gasteiger partial charge in [-0.1, -0.05) is 12.2 Å². The number of allylic oxidation sites excluding steroid dienone is 2. The van der Waals surface area contributed by atoms with Crippen LogP contribution in [0.3, 0.4) is 0 Å². The SMILES string of the molecule is COC(=O)[C@]1(C)C[C@H]2C=C[C@@H]1C2. The van der Waals surface area contributed by atoms with Crippen molar-refractivity contribution in [3.63, 3.8) is 0 Å². The summed E-state index contributed by atoms with van der Waals surface area (Å²) in [4.78, 5) is 11.5. The molecule has 1 fully saturated rings. The van der Waals surface area contributed by atoms with Gasteiger partial charge in [0.2, 0.25) is 0 Å². The van der Waals surface area contributed by atoms with Gasteiger partial charge in [-0.05, 0) is 31.6 Å². The highest BCUT2D eigenvalue weighted by Crippen LogP contribution is 2.52. The van der Waals surface area contributed by atoms with E-state index >= 15 is 0 Å². The normalized spacial score (nSPS) is 43.5. The predicted octanol–water partition coefficient (Wildman–Crippen LogP) is 1.76. The topological polar surface area (TPSA) is 26.3 Å². The second-order valence-corrected chi connectivity index (χ2v) is 4.10. The first-order valence-corrected chi connectivity index (χ1v) is 4.43. The van der Waals surface area contributed by atoms with E-state index in [2.05, 4.69) is 12.2 Å². The molecule has 0 saturated heterocycles. The van der Waals surface area contributed by atoms with E-state index in [1.807, 2.05) is 6.92 Å². The van der Waals surface area contributed by atoms with E-state index in [1.165, 1.54) is 7.11 Å². The third kappa shape index (κ3) is 0.838. The fourth-order valence-electron chi connectivity index (χ4n) is 2.56. The fraction of sp³-hybridized carbons (Fsp3) is 0.700. The van der Waals surface area contributed by atoms with Gasteiger partial charge in [-0.15, -0.1) is 0 Å². The van der Waals surface area contributed by atoms with Crippen LogP contribution in [0, 0.1) is 17.3 Å². The molecule has 3 atom stereocenters. The van der Waals surface area contributed by atoms with Crippen LogP contribution in [0.25, 0.3) is 0 Å². The number of carbonyl (C=O) groups is 1. The van der Waals surface area contributed by atoms with Gasteiger partial charge in [0, 0.05) is 0 Å². The first kappa shape index (κ1) is 7.84. The number of esters is 1. The Hall–Kier alpha value is -0.790. The summed E-state index contributed by atoms with van der Waals surface area (Å²) in [5, 5.41) is 0. The van der Waals surface area contributed by atoms with Crippen molar-refractivity contribution < 1.29 is 9.53 Å². The van der Waals surface area contributed by atoms with Gasteiger partial charge < -0.3 is 4.74 Å². The molecule has 12 heavy (non-hydrogen) atoms. The van der Waals surface area contributed by atoms with Gasteiger partial charge >= 0.3 is 5.97 Å². The van der Waals surface area contributed by atoms with E-state index in [4.69, 9.17) is 4.74 Å². The highest BCUT2D eigenvalue weighted by Gasteiger charge is 2.50. The van der Waals surface area contributed by atoms with Crippen molar-refractivity contribution in [3.05, 3.63) is 12.2 Å². The summed E-state index contributed by atoms with van der Waals surface area (Å²) in [7, 11) is 1.48. The lowest BCUT2D eigenvalue weighted by Gasteiger charge is -2.27. The molecule has 0 spiro atoms. The highest BCUT2D eigenvalue weighted by molar-refractivity contribution is 5.78. The molecule has 0 aromatic heterocycles. The molecule has 0 heterocycles. The van der Waals surface area contributed by atoms with Gasteiger partial charge in [-0.2, -0.15) is 0 Å². The number of methoxy groups -OCH3 is 1. The van der Waals surface area contributed by atoms with Crippen LogP contribution in [-0.4, -0.2) is 13.1 Å². The average molecular weight is 166 g/mol. The standard InChI is InChI=1S/C10H14O2/c1-10(9(11)12-2)6-7-3-4-8(10)5-7/h3-4,7-8H,5-6H2,1-2H3/t7-,8+,10+/m0/s1. The zero-order chi connectivity index (χ0) is 8.77. The van der Waals surface area contributed by atoms with E-state index in [0.717, 1.165) is 12.8 Å². The van der Waals surface area contributed by atoms with Gasteiger partial charge in [0.25, 0.3) is 0 Å². The molecule has 0 amide bonds. The number of carbonyl (C=O) groups excluding carboxylic acids is 1. The monoisotopic (exact) mass is 166 g/mol. The molecular weight excluding hydrogens is 152 g/mol. The lowest BCUT2D eigenvalue weighted by molar-refractivity contribution is -0.153. The number of hydrogen-bond acceptors (Lipinski definition) is 2. The van der Waals surface area contributed by atoms with Crippen LogP contribution in [0.4, 0.5) is 0 Å². The van der Waals surface area contributed by atoms with E-state index in [1.54, 1.807) is 0 Å². The maximum absolute atomic E-state index is 11.5. The molecule has 0 radical (unpaired) electrons. The summed E-state index contributed by atoms with van der Waals surface area (Å²) in [6.45, 7) is 2.02. The summed E-state index contributed by atoms with van der Waals surface area (Å²) in [5.41, 5.74) is -0.228. The summed E-state index contributed by atoms with van der Waals surface area (Å²) in [5.74, 6) is 1.01. The Morgan fingerprint density at radius 3 is 2.75 bits per heavy atom. The molecule has 2 nitrogen and oxygen atoms in total. The second kappa shape index (κ2) is 2.35. The maximum Gasteiger partial charge on any atom is 0.312 e. The van der Waals surface area contributed by atoms with Crippen molar-refractivity contribution in [2.24, 2.45) is 17.3 Å². The van der Waals surface area contributed by atoms with E-state index in [-0.39, 0.29) is 11.4 Å². The van der Waals surface area contributed by atoms with Gasteiger partial charge in [0.15, 0.2) is 0 Å². The first-order valence-electron chi connectivity index (χ1n) is 4.43. The van der Waals surface area contributed by atoms with Crippen molar-refractivity contribution in [2.45, 2.75) is 19.8 Å². The zero-order valence-electron chi connectivity index (χ0n) is 7.54. The Bertz CT molecular complexity index is 244. The Morgan fingerprint density at radius 2 is 2.33 bits per heavy atom. The van der Waals surface area contributed by atoms with E-state index < -0.39 is 0 Å². The van der Waals surface area contributed by atoms with Crippen LogP contribution in [0.2, 0.25) is 0 Å². The van der Waals surface area contributed by atoms with Crippen LogP contribution in [-0.2, 0) is 9.53 Å². The number of ether oxygens (including phenoxy) is 1. The van der Waals surface area contributed by atoms with Gasteiger partial charge in [-0.25, -0.2) is 0 Å². The molecular formula is C10H14O2. The molecule has 66 valence electrons. The smallest absolute Gasteiger partial charge is 0.312 e. The maximum atomic E-state index is 11.5. The molecule has 0 aliphatic heterocycles. The number of fused-ring (bicyclic) bond motifs is 2. The van der Waals surface area contributed by atoms with E-state index in [0.29, 0.717) is 11.8 Å². The van der Waals surface area contributed by atoms with E-state index in [9.17, 15) is 4.79 Å². The average Bonchev–Trinajstić information content (AvgIpc) is 2.62. The van der Waals surface area contributed by atoms with Crippen molar-refractivity contribution in [2.75, 3.05) is 7.11 Å². The largest absolute Gasteiger partial charge is 0.469 e. The minimum absolute atomic E-state index is 0.0423. The summed E-state index contributed by atoms with van der Waals surface area (Å²) >= 11 is 0. The van der Waals surface area contributed by atoms with Gasteiger partial charge in [0.1, 0.15) is 0 Å². The molecule has 2 rings (SSSR count). The van der Waals surface area contributed by atoms with Crippen LogP contribution in [0.5, 0.6) is 0 Å². The lowest BCUT2D eigenvalue weighted by Crippen LogP contribution is -2.32. The summed E-state index contributed by atoms with van der Waals surface area (Å²) < 4.78 is 4.82. The second-order valence-electron chi connectivity index (χ2n) is 4.10. The number of rotatable bonds is 1. The molecule has 0 unspecified atom stereocenters. The van der Waals surface area contributed by atoms with Crippen LogP contribution >= 0.6 is 0 Å².